The molecule has 3 heterocycles. The molecular formula is C29H38FN5O4S2. The van der Waals surface area contributed by atoms with E-state index in [0.717, 1.165) is 48.8 Å². The Balaban J connectivity index is 1.49. The number of nitrogens with zero attached hydrogens (tertiary/aromatic N) is 3. The van der Waals surface area contributed by atoms with Crippen molar-refractivity contribution in [3.63, 3.8) is 0 Å². The standard InChI is InChI=1S/C29H38FN5O4S2/c1-29(2,30)21-35-24(7-6-14-31-23-10-11-28(32-20-23)41(4,38)39)19-25-26(8-5-9-27(25)35)33-22-12-15-34(16-13-22)17-18-40(3,36)37/h5,8-11,19-20,22,31,33H,12-18,21H2,1-4H3. The first-order valence-electron chi connectivity index (χ1n) is 13.5. The second kappa shape index (κ2) is 12.4. The Bertz CT molecular complexity index is 1640. The molecule has 1 saturated heterocycles. The summed E-state index contributed by atoms with van der Waals surface area (Å²) in [7, 11) is -6.34. The van der Waals surface area contributed by atoms with Gasteiger partial charge in [0.25, 0.3) is 0 Å². The summed E-state index contributed by atoms with van der Waals surface area (Å²) >= 11 is 0. The SMILES string of the molecule is CC(C)(F)Cn1c(C#CCNc2ccc(S(C)(=O)=O)nc2)cc2c(NC3CCN(CCS(C)(=O)=O)CC3)cccc21. The van der Waals surface area contributed by atoms with Crippen molar-refractivity contribution in [3.8, 4) is 11.8 Å². The van der Waals surface area contributed by atoms with E-state index in [1.807, 2.05) is 28.8 Å². The number of pyridine rings is 1. The molecule has 3 aromatic rings. The molecule has 9 nitrogen and oxygen atoms in total. The molecule has 2 N–H and O–H groups in total. The number of alkyl halides is 1. The van der Waals surface area contributed by atoms with Crippen molar-refractivity contribution in [2.45, 2.75) is 50.0 Å². The van der Waals surface area contributed by atoms with Gasteiger partial charge in [-0.25, -0.2) is 26.2 Å². The van der Waals surface area contributed by atoms with Crippen LogP contribution < -0.4 is 10.6 Å². The van der Waals surface area contributed by atoms with Gasteiger partial charge in [0, 0.05) is 49.3 Å². The van der Waals surface area contributed by atoms with Crippen LogP contribution in [0.1, 0.15) is 32.4 Å². The molecule has 0 radical (unpaired) electrons. The number of sulfone groups is 2. The van der Waals surface area contributed by atoms with E-state index in [0.29, 0.717) is 24.5 Å². The lowest BCUT2D eigenvalue weighted by Crippen LogP contribution is -2.41. The third-order valence-electron chi connectivity index (χ3n) is 6.92. The maximum Gasteiger partial charge on any atom is 0.192 e. The maximum atomic E-state index is 14.8. The van der Waals surface area contributed by atoms with E-state index in [2.05, 4.69) is 32.4 Å². The fourth-order valence-corrected chi connectivity index (χ4v) is 6.01. The number of nitrogens with one attached hydrogen (secondary N) is 2. The number of anilines is 2. The highest BCUT2D eigenvalue weighted by Crippen LogP contribution is 2.30. The number of likely N-dealkylation sites (tertiary alicyclic amines) is 1. The minimum absolute atomic E-state index is 0.00870. The summed E-state index contributed by atoms with van der Waals surface area (Å²) in [6.45, 7) is 5.75. The van der Waals surface area contributed by atoms with Gasteiger partial charge in [0.2, 0.25) is 0 Å². The molecule has 1 aliphatic rings. The minimum Gasteiger partial charge on any atom is -0.382 e. The molecule has 0 bridgehead atoms. The first kappa shape index (κ1) is 30.8. The predicted molar refractivity (Wildman–Crippen MR) is 163 cm³/mol. The van der Waals surface area contributed by atoms with Crippen LogP contribution >= 0.6 is 0 Å². The van der Waals surface area contributed by atoms with Crippen LogP contribution in [-0.2, 0) is 26.2 Å². The second-order valence-corrected chi connectivity index (χ2v) is 15.5. The molecule has 0 saturated carbocycles. The molecule has 0 unspecified atom stereocenters. The molecule has 0 aliphatic carbocycles. The molecule has 2 aromatic heterocycles. The maximum absolute atomic E-state index is 14.8. The Labute approximate surface area is 242 Å². The van der Waals surface area contributed by atoms with Crippen LogP contribution in [0.15, 0.2) is 47.6 Å². The largest absolute Gasteiger partial charge is 0.382 e. The number of benzene rings is 1. The summed E-state index contributed by atoms with van der Waals surface area (Å²) in [5, 5.41) is 7.75. The van der Waals surface area contributed by atoms with Crippen molar-refractivity contribution in [1.29, 1.82) is 0 Å². The van der Waals surface area contributed by atoms with E-state index in [-0.39, 0.29) is 23.4 Å². The fraction of sp³-hybridized carbons (Fsp3) is 0.483. The lowest BCUT2D eigenvalue weighted by Gasteiger charge is -2.32. The van der Waals surface area contributed by atoms with Gasteiger partial charge in [-0.1, -0.05) is 12.0 Å². The predicted octanol–water partition coefficient (Wildman–Crippen LogP) is 3.57. The van der Waals surface area contributed by atoms with Crippen LogP contribution in [0, 0.1) is 11.8 Å². The highest BCUT2D eigenvalue weighted by molar-refractivity contribution is 7.90. The Morgan fingerprint density at radius 2 is 1.83 bits per heavy atom. The van der Waals surface area contributed by atoms with Crippen molar-refractivity contribution in [2.24, 2.45) is 0 Å². The zero-order valence-electron chi connectivity index (χ0n) is 23.9. The summed E-state index contributed by atoms with van der Waals surface area (Å²) in [6.07, 6.45) is 5.63. The Kier molecular flexibility index (Phi) is 9.31. The second-order valence-electron chi connectivity index (χ2n) is 11.3. The molecule has 41 heavy (non-hydrogen) atoms. The third kappa shape index (κ3) is 8.92. The fourth-order valence-electron chi connectivity index (χ4n) is 4.86. The van der Waals surface area contributed by atoms with Gasteiger partial charge in [0.15, 0.2) is 14.9 Å². The molecule has 1 aromatic carbocycles. The first-order valence-corrected chi connectivity index (χ1v) is 17.5. The molecular weight excluding hydrogens is 565 g/mol. The molecule has 1 aliphatic heterocycles. The van der Waals surface area contributed by atoms with E-state index in [4.69, 9.17) is 0 Å². The molecule has 0 amide bonds. The lowest BCUT2D eigenvalue weighted by atomic mass is 10.0. The van der Waals surface area contributed by atoms with Gasteiger partial charge in [-0.3, -0.25) is 0 Å². The van der Waals surface area contributed by atoms with Gasteiger partial charge >= 0.3 is 0 Å². The zero-order chi connectivity index (χ0) is 29.8. The van der Waals surface area contributed by atoms with E-state index in [9.17, 15) is 21.2 Å². The molecule has 1 fully saturated rings. The Morgan fingerprint density at radius 3 is 2.44 bits per heavy atom. The quantitative estimate of drug-likeness (QED) is 0.338. The van der Waals surface area contributed by atoms with Crippen molar-refractivity contribution < 1.29 is 21.2 Å². The summed E-state index contributed by atoms with van der Waals surface area (Å²) in [6, 6.07) is 11.3. The van der Waals surface area contributed by atoms with Crippen molar-refractivity contribution >= 4 is 42.0 Å². The molecule has 0 spiro atoms. The van der Waals surface area contributed by atoms with Crippen molar-refractivity contribution in [1.82, 2.24) is 14.5 Å². The molecule has 222 valence electrons. The van der Waals surface area contributed by atoms with E-state index in [1.54, 1.807) is 19.9 Å². The number of hydrogen-bond donors (Lipinski definition) is 2. The number of halogens is 1. The first-order chi connectivity index (χ1) is 19.2. The molecule has 4 rings (SSSR count). The highest BCUT2D eigenvalue weighted by atomic mass is 32.2. The number of rotatable bonds is 10. The van der Waals surface area contributed by atoms with Gasteiger partial charge in [0.05, 0.1) is 41.9 Å². The number of aromatic nitrogens is 2. The lowest BCUT2D eigenvalue weighted by molar-refractivity contribution is 0.188. The van der Waals surface area contributed by atoms with Crippen LogP contribution in [0.5, 0.6) is 0 Å². The van der Waals surface area contributed by atoms with Crippen molar-refractivity contribution in [2.75, 3.05) is 55.1 Å². The van der Waals surface area contributed by atoms with Crippen molar-refractivity contribution in [3.05, 3.63) is 48.3 Å². The average Bonchev–Trinajstić information content (AvgIpc) is 3.22. The smallest absolute Gasteiger partial charge is 0.192 e. The topological polar surface area (TPSA) is 113 Å². The summed E-state index contributed by atoms with van der Waals surface area (Å²) in [5.74, 6) is 6.44. The van der Waals surface area contributed by atoms with Crippen LogP contribution in [0.3, 0.4) is 0 Å². The van der Waals surface area contributed by atoms with Crippen LogP contribution in [0.2, 0.25) is 0 Å². The van der Waals surface area contributed by atoms with E-state index >= 15 is 0 Å². The van der Waals surface area contributed by atoms with E-state index < -0.39 is 25.3 Å². The van der Waals surface area contributed by atoms with Gasteiger partial charge in [-0.15, -0.1) is 0 Å². The third-order valence-corrected chi connectivity index (χ3v) is 8.84. The number of fused-ring (bicyclic) bond motifs is 1. The van der Waals surface area contributed by atoms with Gasteiger partial charge in [0.1, 0.15) is 15.5 Å². The summed E-state index contributed by atoms with van der Waals surface area (Å²) in [5.41, 5.74) is 1.75. The van der Waals surface area contributed by atoms with E-state index in [1.165, 1.54) is 18.5 Å². The average molecular weight is 604 g/mol. The molecule has 12 heteroatoms. The summed E-state index contributed by atoms with van der Waals surface area (Å²) in [4.78, 5) is 6.16. The normalized spacial score (nSPS) is 15.4. The van der Waals surface area contributed by atoms with Crippen LogP contribution in [0.25, 0.3) is 10.9 Å². The van der Waals surface area contributed by atoms with Gasteiger partial charge in [-0.05, 0) is 62.9 Å². The van der Waals surface area contributed by atoms with Gasteiger partial charge < -0.3 is 20.1 Å². The highest BCUT2D eigenvalue weighted by Gasteiger charge is 2.23. The van der Waals surface area contributed by atoms with Gasteiger partial charge in [-0.2, -0.15) is 0 Å². The zero-order valence-corrected chi connectivity index (χ0v) is 25.6. The number of hydrogen-bond acceptors (Lipinski definition) is 8. The van der Waals surface area contributed by atoms with Crippen LogP contribution in [-0.4, -0.2) is 87.4 Å². The monoisotopic (exact) mass is 603 g/mol. The Morgan fingerprint density at radius 1 is 1.10 bits per heavy atom. The Hall–Kier alpha value is -3.14. The van der Waals surface area contributed by atoms with Crippen LogP contribution in [0.4, 0.5) is 15.8 Å². The molecule has 0 atom stereocenters. The summed E-state index contributed by atoms with van der Waals surface area (Å²) < 4.78 is 63.0. The minimum atomic E-state index is -3.36. The number of piperidine rings is 1.